The third-order valence-electron chi connectivity index (χ3n) is 9.94. The summed E-state index contributed by atoms with van der Waals surface area (Å²) in [6.45, 7) is 9.41. The molecule has 0 N–H and O–H groups in total. The fourth-order valence-corrected chi connectivity index (χ4v) is 11.9. The molecule has 42 heavy (non-hydrogen) atoms. The highest BCUT2D eigenvalue weighted by Gasteiger charge is 2.34. The summed E-state index contributed by atoms with van der Waals surface area (Å²) in [4.78, 5) is 0. The van der Waals surface area contributed by atoms with Crippen molar-refractivity contribution in [3.63, 3.8) is 0 Å². The first-order valence-corrected chi connectivity index (χ1v) is 22.6. The van der Waals surface area contributed by atoms with E-state index in [4.69, 9.17) is 0 Å². The van der Waals surface area contributed by atoms with E-state index >= 15 is 0 Å². The summed E-state index contributed by atoms with van der Waals surface area (Å²) >= 11 is 0. The van der Waals surface area contributed by atoms with Crippen LogP contribution in [0.25, 0.3) is 0 Å². The van der Waals surface area contributed by atoms with E-state index in [-0.39, 0.29) is 24.0 Å². The van der Waals surface area contributed by atoms with Crippen molar-refractivity contribution in [1.29, 1.82) is 0 Å². The second-order valence-corrected chi connectivity index (χ2v) is 18.6. The Bertz CT molecular complexity index is 423. The van der Waals surface area contributed by atoms with E-state index in [1.807, 2.05) is 0 Å². The summed E-state index contributed by atoms with van der Waals surface area (Å²) in [7, 11) is -0.736. The van der Waals surface area contributed by atoms with Crippen molar-refractivity contribution in [2.75, 3.05) is 24.6 Å². The van der Waals surface area contributed by atoms with Crippen molar-refractivity contribution in [3.05, 3.63) is 0 Å². The normalized spacial score (nSPS) is 11.7. The quantitative estimate of drug-likeness (QED) is 0.0343. The summed E-state index contributed by atoms with van der Waals surface area (Å²) in [5.74, 6) is 0. The zero-order valence-electron chi connectivity index (χ0n) is 30.3. The van der Waals surface area contributed by atoms with Crippen LogP contribution in [-0.2, 0) is 0 Å². The van der Waals surface area contributed by atoms with Crippen LogP contribution < -0.4 is 24.0 Å². The summed E-state index contributed by atoms with van der Waals surface area (Å²) in [5.41, 5.74) is 0. The molecule has 0 aliphatic rings. The van der Waals surface area contributed by atoms with Gasteiger partial charge in [0.15, 0.2) is 0 Å². The summed E-state index contributed by atoms with van der Waals surface area (Å²) < 4.78 is 0. The molecule has 0 bridgehead atoms. The molecule has 0 atom stereocenters. The molecule has 0 aliphatic heterocycles. The molecule has 256 valence electrons. The minimum Gasteiger partial charge on any atom is -1.00 e. The van der Waals surface area contributed by atoms with Gasteiger partial charge in [-0.1, -0.05) is 182 Å². The molecule has 0 radical (unpaired) electrons. The second-order valence-electron chi connectivity index (χ2n) is 14.1. The third-order valence-corrected chi connectivity index (χ3v) is 15.0. The topological polar surface area (TPSA) is 0 Å². The molecule has 0 heterocycles. The molecule has 0 aromatic heterocycles. The maximum Gasteiger partial charge on any atom is 0.0594 e. The monoisotopic (exact) mass is 723 g/mol. The van der Waals surface area contributed by atoms with Gasteiger partial charge in [0.2, 0.25) is 0 Å². The maximum atomic E-state index is 2.38. The van der Waals surface area contributed by atoms with Crippen molar-refractivity contribution in [2.45, 2.75) is 233 Å². The molecule has 0 amide bonds. The Kier molecular flexibility index (Phi) is 41.3. The van der Waals surface area contributed by atoms with Gasteiger partial charge in [0.1, 0.15) is 0 Å². The molecular weight excluding hydrogens is 638 g/mol. The van der Waals surface area contributed by atoms with E-state index in [1.54, 1.807) is 50.3 Å². The summed E-state index contributed by atoms with van der Waals surface area (Å²) in [5, 5.41) is 0. The van der Waals surface area contributed by atoms with E-state index in [0.29, 0.717) is 0 Å². The summed E-state index contributed by atoms with van der Waals surface area (Å²) in [6, 6.07) is 0. The van der Waals surface area contributed by atoms with E-state index in [0.717, 1.165) is 0 Å². The van der Waals surface area contributed by atoms with Gasteiger partial charge in [-0.2, -0.15) is 0 Å². The number of hydrogen-bond acceptors (Lipinski definition) is 0. The first kappa shape index (κ1) is 45.3. The molecular formula is C40H84IP. The van der Waals surface area contributed by atoms with Gasteiger partial charge < -0.3 is 24.0 Å². The molecule has 2 heteroatoms. The van der Waals surface area contributed by atoms with Crippen LogP contribution in [0.15, 0.2) is 0 Å². The lowest BCUT2D eigenvalue weighted by atomic mass is 10.1. The van der Waals surface area contributed by atoms with E-state index in [9.17, 15) is 0 Å². The van der Waals surface area contributed by atoms with Crippen LogP contribution in [0.4, 0.5) is 0 Å². The predicted molar refractivity (Wildman–Crippen MR) is 197 cm³/mol. The molecule has 0 nitrogen and oxygen atoms in total. The van der Waals surface area contributed by atoms with Gasteiger partial charge >= 0.3 is 0 Å². The minimum atomic E-state index is -0.736. The third kappa shape index (κ3) is 32.6. The number of halogens is 1. The van der Waals surface area contributed by atoms with Gasteiger partial charge in [0, 0.05) is 7.26 Å². The van der Waals surface area contributed by atoms with E-state index in [2.05, 4.69) is 27.7 Å². The molecule has 0 saturated heterocycles. The fraction of sp³-hybridized carbons (Fsp3) is 1.00. The van der Waals surface area contributed by atoms with Crippen LogP contribution in [0.1, 0.15) is 233 Å². The van der Waals surface area contributed by atoms with Gasteiger partial charge in [-0.25, -0.2) is 0 Å². The SMILES string of the molecule is CCCCCCCCCCCCCC[P+](CCCCCC)(CCCCCC)CCCCCCCCCCCCCC.[I-]. The molecule has 0 aliphatic carbocycles. The van der Waals surface area contributed by atoms with Gasteiger partial charge in [-0.3, -0.25) is 0 Å². The first-order valence-electron chi connectivity index (χ1n) is 20.1. The minimum absolute atomic E-state index is 0. The van der Waals surface area contributed by atoms with Crippen LogP contribution >= 0.6 is 7.26 Å². The lowest BCUT2D eigenvalue weighted by Crippen LogP contribution is -3.00. The van der Waals surface area contributed by atoms with Crippen LogP contribution in [0.3, 0.4) is 0 Å². The standard InChI is InChI=1S/C40H84P.HI/c1-5-9-13-17-19-21-23-25-27-29-31-35-39-41(37-33-15-11-7-3,38-34-16-12-8-4)40-36-32-30-28-26-24-22-20-18-14-10-6-2;/h5-40H2,1-4H3;1H/q+1;/p-1. The molecule has 0 saturated carbocycles. The number of unbranched alkanes of at least 4 members (excludes halogenated alkanes) is 28. The molecule has 0 unspecified atom stereocenters. The smallest absolute Gasteiger partial charge is 0.0594 e. The van der Waals surface area contributed by atoms with Gasteiger partial charge in [0.25, 0.3) is 0 Å². The van der Waals surface area contributed by atoms with E-state index < -0.39 is 7.26 Å². The van der Waals surface area contributed by atoms with Crippen LogP contribution in [0, 0.1) is 0 Å². The van der Waals surface area contributed by atoms with E-state index in [1.165, 1.54) is 180 Å². The Morgan fingerprint density at radius 1 is 0.214 bits per heavy atom. The Balaban J connectivity index is 0. The Morgan fingerprint density at radius 2 is 0.357 bits per heavy atom. The van der Waals surface area contributed by atoms with Crippen molar-refractivity contribution in [2.24, 2.45) is 0 Å². The highest BCUT2D eigenvalue weighted by Crippen LogP contribution is 2.61. The second kappa shape index (κ2) is 38.3. The van der Waals surface area contributed by atoms with Crippen LogP contribution in [0.5, 0.6) is 0 Å². The highest BCUT2D eigenvalue weighted by molar-refractivity contribution is 7.75. The predicted octanol–water partition coefficient (Wildman–Crippen LogP) is 12.6. The van der Waals surface area contributed by atoms with Crippen molar-refractivity contribution in [1.82, 2.24) is 0 Å². The maximum absolute atomic E-state index is 2.38. The van der Waals surface area contributed by atoms with Crippen molar-refractivity contribution < 1.29 is 24.0 Å². The number of rotatable bonds is 36. The van der Waals surface area contributed by atoms with Crippen molar-refractivity contribution >= 4 is 7.26 Å². The zero-order valence-corrected chi connectivity index (χ0v) is 33.3. The van der Waals surface area contributed by atoms with Crippen LogP contribution in [-0.4, -0.2) is 24.6 Å². The van der Waals surface area contributed by atoms with Crippen LogP contribution in [0.2, 0.25) is 0 Å². The lowest BCUT2D eigenvalue weighted by Gasteiger charge is -2.28. The zero-order chi connectivity index (χ0) is 30.0. The molecule has 0 rings (SSSR count). The van der Waals surface area contributed by atoms with Gasteiger partial charge in [-0.15, -0.1) is 0 Å². The highest BCUT2D eigenvalue weighted by atomic mass is 127. The van der Waals surface area contributed by atoms with Gasteiger partial charge in [0.05, 0.1) is 24.6 Å². The molecule has 0 aromatic rings. The average molecular weight is 723 g/mol. The van der Waals surface area contributed by atoms with Crippen molar-refractivity contribution in [3.8, 4) is 0 Å². The molecule has 0 aromatic carbocycles. The molecule has 0 fully saturated rings. The summed E-state index contributed by atoms with van der Waals surface area (Å²) in [6.07, 6.45) is 54.1. The Labute approximate surface area is 287 Å². The molecule has 0 spiro atoms. The number of hydrogen-bond donors (Lipinski definition) is 0. The lowest BCUT2D eigenvalue weighted by molar-refractivity contribution is -0.00000930. The largest absolute Gasteiger partial charge is 1.00 e. The fourth-order valence-electron chi connectivity index (χ4n) is 7.00. The first-order chi connectivity index (χ1) is 20.2. The Morgan fingerprint density at radius 3 is 0.548 bits per heavy atom. The van der Waals surface area contributed by atoms with Gasteiger partial charge in [-0.05, 0) is 51.4 Å². The Hall–Kier alpha value is 1.16. The average Bonchev–Trinajstić information content (AvgIpc) is 2.98.